The third kappa shape index (κ3) is 6.36. The van der Waals surface area contributed by atoms with Gasteiger partial charge in [-0.3, -0.25) is 14.8 Å². The zero-order valence-electron chi connectivity index (χ0n) is 24.2. The molecule has 0 saturated carbocycles. The summed E-state index contributed by atoms with van der Waals surface area (Å²) in [6.07, 6.45) is 3.72. The first-order chi connectivity index (χ1) is 20.5. The van der Waals surface area contributed by atoms with E-state index in [-0.39, 0.29) is 11.6 Å². The predicted octanol–water partition coefficient (Wildman–Crippen LogP) is 6.09. The van der Waals surface area contributed by atoms with E-state index in [0.717, 1.165) is 66.7 Å². The van der Waals surface area contributed by atoms with Crippen molar-refractivity contribution in [3.8, 4) is 11.3 Å². The molecular formula is C32H36N6O2S2. The van der Waals surface area contributed by atoms with E-state index in [1.807, 2.05) is 19.3 Å². The van der Waals surface area contributed by atoms with Crippen LogP contribution in [0.25, 0.3) is 11.3 Å². The van der Waals surface area contributed by atoms with E-state index < -0.39 is 0 Å². The Morgan fingerprint density at radius 3 is 2.60 bits per heavy atom. The predicted molar refractivity (Wildman–Crippen MR) is 171 cm³/mol. The van der Waals surface area contributed by atoms with Crippen molar-refractivity contribution in [3.05, 3.63) is 82.7 Å². The van der Waals surface area contributed by atoms with Crippen LogP contribution in [0, 0.1) is 6.92 Å². The standard InChI is InChI=1S/C32H36N6O2S2/c1-4-37(5-2)20-27(26-19-33-21(3)18-34-26)35-22-9-10-28-30(15-22)41-29-8-6-7-24(32(29)42-28)25-16-23(17-31(39)36-25)38-11-13-40-14-12-38/h6-10,15-19,27,35H,4-5,11-14,20H2,1-3H3,(H,36,39). The molecule has 2 aromatic carbocycles. The molecule has 4 heterocycles. The van der Waals surface area contributed by atoms with Gasteiger partial charge in [-0.1, -0.05) is 49.5 Å². The summed E-state index contributed by atoms with van der Waals surface area (Å²) in [5.41, 5.74) is 5.65. The van der Waals surface area contributed by atoms with Crippen molar-refractivity contribution in [3.63, 3.8) is 0 Å². The van der Waals surface area contributed by atoms with Gasteiger partial charge < -0.3 is 24.8 Å². The number of aromatic nitrogens is 3. The van der Waals surface area contributed by atoms with Crippen LogP contribution in [-0.4, -0.2) is 65.8 Å². The Morgan fingerprint density at radius 1 is 1.00 bits per heavy atom. The minimum atomic E-state index is -0.0892. The lowest BCUT2D eigenvalue weighted by molar-refractivity contribution is 0.122. The summed E-state index contributed by atoms with van der Waals surface area (Å²) in [5.74, 6) is 0. The molecule has 0 radical (unpaired) electrons. The van der Waals surface area contributed by atoms with Crippen LogP contribution in [0.3, 0.4) is 0 Å². The number of H-pyrrole nitrogens is 1. The lowest BCUT2D eigenvalue weighted by atomic mass is 10.1. The van der Waals surface area contributed by atoms with E-state index in [9.17, 15) is 4.79 Å². The minimum Gasteiger partial charge on any atom is -0.378 e. The number of ether oxygens (including phenoxy) is 1. The molecule has 1 atom stereocenters. The maximum absolute atomic E-state index is 12.7. The van der Waals surface area contributed by atoms with Crippen molar-refractivity contribution in [1.82, 2.24) is 19.9 Å². The minimum absolute atomic E-state index is 0.0201. The summed E-state index contributed by atoms with van der Waals surface area (Å²) >= 11 is 3.53. The van der Waals surface area contributed by atoms with Gasteiger partial charge in [0.2, 0.25) is 5.56 Å². The Morgan fingerprint density at radius 2 is 1.83 bits per heavy atom. The molecule has 2 aliphatic rings. The Bertz CT molecular complexity index is 1600. The summed E-state index contributed by atoms with van der Waals surface area (Å²) in [7, 11) is 0. The molecule has 0 bridgehead atoms. The molecular weight excluding hydrogens is 565 g/mol. The fourth-order valence-corrected chi connectivity index (χ4v) is 7.73. The Kier molecular flexibility index (Phi) is 8.85. The number of fused-ring (bicyclic) bond motifs is 2. The highest BCUT2D eigenvalue weighted by molar-refractivity contribution is 8.05. The number of rotatable bonds is 9. The summed E-state index contributed by atoms with van der Waals surface area (Å²) in [5, 5.41) is 3.75. The topological polar surface area (TPSA) is 86.4 Å². The fourth-order valence-electron chi connectivity index (χ4n) is 5.32. The average Bonchev–Trinajstić information content (AvgIpc) is 3.02. The molecule has 1 unspecified atom stereocenters. The van der Waals surface area contributed by atoms with Gasteiger partial charge in [-0.25, -0.2) is 0 Å². The lowest BCUT2D eigenvalue weighted by Crippen LogP contribution is -2.36. The molecule has 0 spiro atoms. The first kappa shape index (κ1) is 28.8. The van der Waals surface area contributed by atoms with Crippen LogP contribution in [0.5, 0.6) is 0 Å². The zero-order chi connectivity index (χ0) is 29.1. The maximum atomic E-state index is 12.7. The third-order valence-electron chi connectivity index (χ3n) is 7.68. The summed E-state index contributed by atoms with van der Waals surface area (Å²) in [6, 6.07) is 16.7. The third-order valence-corrected chi connectivity index (χ3v) is 10.3. The molecule has 1 saturated heterocycles. The second-order valence-corrected chi connectivity index (χ2v) is 12.6. The normalized spacial score (nSPS) is 15.3. The number of nitrogens with one attached hydrogen (secondary N) is 2. The molecule has 0 aliphatic carbocycles. The molecule has 10 heteroatoms. The molecule has 42 heavy (non-hydrogen) atoms. The number of aryl methyl sites for hydroxylation is 1. The smallest absolute Gasteiger partial charge is 0.250 e. The van der Waals surface area contributed by atoms with Gasteiger partial charge in [0.1, 0.15) is 0 Å². The molecule has 6 rings (SSSR count). The number of hydrogen-bond acceptors (Lipinski definition) is 9. The van der Waals surface area contributed by atoms with Gasteiger partial charge in [-0.05, 0) is 50.3 Å². The largest absolute Gasteiger partial charge is 0.378 e. The number of morpholine rings is 1. The Labute approximate surface area is 255 Å². The molecule has 2 N–H and O–H groups in total. The van der Waals surface area contributed by atoms with E-state index in [1.165, 1.54) is 19.6 Å². The monoisotopic (exact) mass is 600 g/mol. The van der Waals surface area contributed by atoms with Crippen molar-refractivity contribution in [2.75, 3.05) is 56.2 Å². The van der Waals surface area contributed by atoms with Crippen LogP contribution in [0.4, 0.5) is 11.4 Å². The van der Waals surface area contributed by atoms with Gasteiger partial charge in [0.25, 0.3) is 0 Å². The molecule has 218 valence electrons. The van der Waals surface area contributed by atoms with E-state index >= 15 is 0 Å². The number of anilines is 2. The van der Waals surface area contributed by atoms with Gasteiger partial charge >= 0.3 is 0 Å². The maximum Gasteiger partial charge on any atom is 0.250 e. The SMILES string of the molecule is CCN(CC)CC(Nc1ccc2c(c1)Sc1cccc(-c3cc(N4CCOCC4)cc(=O)[nH]3)c1S2)c1cnc(C)cn1. The highest BCUT2D eigenvalue weighted by atomic mass is 32.2. The van der Waals surface area contributed by atoms with Gasteiger partial charge in [0, 0.05) is 68.4 Å². The zero-order valence-corrected chi connectivity index (χ0v) is 25.9. The highest BCUT2D eigenvalue weighted by Gasteiger charge is 2.23. The number of likely N-dealkylation sites (N-methyl/N-ethyl adjacent to an activating group) is 1. The number of hydrogen-bond donors (Lipinski definition) is 2. The molecule has 8 nitrogen and oxygen atoms in total. The van der Waals surface area contributed by atoms with Gasteiger partial charge in [0.15, 0.2) is 0 Å². The molecule has 2 aromatic heterocycles. The van der Waals surface area contributed by atoms with Crippen LogP contribution >= 0.6 is 23.5 Å². The quantitative estimate of drug-likeness (QED) is 0.209. The van der Waals surface area contributed by atoms with Gasteiger partial charge in [0.05, 0.1) is 42.5 Å². The second-order valence-electron chi connectivity index (χ2n) is 10.5. The fraction of sp³-hybridized carbons (Fsp3) is 0.344. The van der Waals surface area contributed by atoms with Crippen molar-refractivity contribution in [2.45, 2.75) is 46.4 Å². The lowest BCUT2D eigenvalue weighted by Gasteiger charge is -2.29. The van der Waals surface area contributed by atoms with Crippen molar-refractivity contribution in [1.29, 1.82) is 0 Å². The highest BCUT2D eigenvalue weighted by Crippen LogP contribution is 2.52. The van der Waals surface area contributed by atoms with Crippen molar-refractivity contribution >= 4 is 34.9 Å². The number of aromatic amines is 1. The van der Waals surface area contributed by atoms with E-state index in [2.05, 4.69) is 81.4 Å². The second kappa shape index (κ2) is 12.9. The first-order valence-electron chi connectivity index (χ1n) is 14.5. The Hall–Kier alpha value is -3.31. The van der Waals surface area contributed by atoms with Crippen LogP contribution < -0.4 is 15.8 Å². The van der Waals surface area contributed by atoms with Crippen molar-refractivity contribution < 1.29 is 4.74 Å². The number of pyridine rings is 1. The molecule has 2 aliphatic heterocycles. The Balaban J connectivity index is 1.27. The van der Waals surface area contributed by atoms with Crippen LogP contribution in [0.1, 0.15) is 31.3 Å². The van der Waals surface area contributed by atoms with E-state index in [4.69, 9.17) is 9.72 Å². The summed E-state index contributed by atoms with van der Waals surface area (Å²) in [6.45, 7) is 12.1. The van der Waals surface area contributed by atoms with Crippen LogP contribution in [0.15, 0.2) is 85.3 Å². The molecule has 1 fully saturated rings. The number of nitrogens with zero attached hydrogens (tertiary/aromatic N) is 4. The average molecular weight is 601 g/mol. The molecule has 0 amide bonds. The van der Waals surface area contributed by atoms with Crippen LogP contribution in [0.2, 0.25) is 0 Å². The van der Waals surface area contributed by atoms with E-state index in [0.29, 0.717) is 13.2 Å². The summed E-state index contributed by atoms with van der Waals surface area (Å²) in [4.78, 5) is 34.4. The van der Waals surface area contributed by atoms with E-state index in [1.54, 1.807) is 29.6 Å². The van der Waals surface area contributed by atoms with Gasteiger partial charge in [-0.2, -0.15) is 0 Å². The first-order valence-corrected chi connectivity index (χ1v) is 16.1. The molecule has 4 aromatic rings. The summed E-state index contributed by atoms with van der Waals surface area (Å²) < 4.78 is 5.51. The van der Waals surface area contributed by atoms with Crippen LogP contribution in [-0.2, 0) is 4.74 Å². The van der Waals surface area contributed by atoms with Gasteiger partial charge in [-0.15, -0.1) is 0 Å². The number of benzene rings is 2. The van der Waals surface area contributed by atoms with Crippen molar-refractivity contribution in [2.24, 2.45) is 0 Å².